The third-order valence-corrected chi connectivity index (χ3v) is 2.65. The molecule has 0 spiro atoms. The summed E-state index contributed by atoms with van der Waals surface area (Å²) < 4.78 is 32.5. The minimum atomic E-state index is -0.775. The first-order chi connectivity index (χ1) is 9.10. The number of rotatable bonds is 4. The van der Waals surface area contributed by atoms with E-state index >= 15 is 0 Å². The number of anilines is 1. The molecule has 0 aliphatic carbocycles. The van der Waals surface area contributed by atoms with Gasteiger partial charge in [-0.25, -0.2) is 8.78 Å². The van der Waals surface area contributed by atoms with E-state index in [1.54, 1.807) is 31.4 Å². The van der Waals surface area contributed by atoms with E-state index in [4.69, 9.17) is 9.68 Å². The molecule has 1 aromatic carbocycles. The standard InChI is InChI=1S/C14H12F2N2O/c1-9(5-11-3-2-4-19-11)18-14-12(15)6-10(8-17)7-13(14)16/h2-4,6-7,9,18H,5H2,1H3. The van der Waals surface area contributed by atoms with Gasteiger partial charge >= 0.3 is 0 Å². The Morgan fingerprint density at radius 1 is 1.37 bits per heavy atom. The fourth-order valence-electron chi connectivity index (χ4n) is 1.80. The third-order valence-electron chi connectivity index (χ3n) is 2.65. The summed E-state index contributed by atoms with van der Waals surface area (Å²) in [6, 6.07) is 7.06. The molecule has 0 bridgehead atoms. The lowest BCUT2D eigenvalue weighted by Crippen LogP contribution is -2.19. The second kappa shape index (κ2) is 5.53. The van der Waals surface area contributed by atoms with E-state index in [0.717, 1.165) is 17.9 Å². The van der Waals surface area contributed by atoms with Gasteiger partial charge in [0.25, 0.3) is 0 Å². The highest BCUT2D eigenvalue weighted by Crippen LogP contribution is 2.22. The summed E-state index contributed by atoms with van der Waals surface area (Å²) in [7, 11) is 0. The van der Waals surface area contributed by atoms with Crippen molar-refractivity contribution >= 4 is 5.69 Å². The van der Waals surface area contributed by atoms with Gasteiger partial charge in [-0.15, -0.1) is 0 Å². The van der Waals surface area contributed by atoms with E-state index in [1.165, 1.54) is 0 Å². The third kappa shape index (κ3) is 3.10. The number of hydrogen-bond donors (Lipinski definition) is 1. The van der Waals surface area contributed by atoms with Crippen molar-refractivity contribution < 1.29 is 13.2 Å². The fourth-order valence-corrected chi connectivity index (χ4v) is 1.80. The van der Waals surface area contributed by atoms with Crippen molar-refractivity contribution in [3.63, 3.8) is 0 Å². The fraction of sp³-hybridized carbons (Fsp3) is 0.214. The zero-order valence-electron chi connectivity index (χ0n) is 10.3. The van der Waals surface area contributed by atoms with Gasteiger partial charge in [-0.05, 0) is 31.2 Å². The van der Waals surface area contributed by atoms with Crippen molar-refractivity contribution in [1.29, 1.82) is 5.26 Å². The highest BCUT2D eigenvalue weighted by molar-refractivity contribution is 5.51. The summed E-state index contributed by atoms with van der Waals surface area (Å²) in [5, 5.41) is 11.4. The monoisotopic (exact) mass is 262 g/mol. The maximum atomic E-state index is 13.7. The van der Waals surface area contributed by atoms with Crippen LogP contribution in [0.25, 0.3) is 0 Å². The molecule has 0 amide bonds. The molecule has 0 fully saturated rings. The number of hydrogen-bond acceptors (Lipinski definition) is 3. The lowest BCUT2D eigenvalue weighted by Gasteiger charge is -2.15. The largest absolute Gasteiger partial charge is 0.469 e. The van der Waals surface area contributed by atoms with Crippen molar-refractivity contribution in [1.82, 2.24) is 0 Å². The van der Waals surface area contributed by atoms with E-state index < -0.39 is 11.6 Å². The number of nitrogens with zero attached hydrogens (tertiary/aromatic N) is 1. The summed E-state index contributed by atoms with van der Waals surface area (Å²) >= 11 is 0. The molecule has 0 aliphatic rings. The smallest absolute Gasteiger partial charge is 0.150 e. The molecule has 1 N–H and O–H groups in total. The van der Waals surface area contributed by atoms with Gasteiger partial charge in [-0.1, -0.05) is 0 Å². The second-order valence-corrected chi connectivity index (χ2v) is 4.26. The van der Waals surface area contributed by atoms with Gasteiger partial charge in [-0.3, -0.25) is 0 Å². The first kappa shape index (κ1) is 13.1. The van der Waals surface area contributed by atoms with Crippen LogP contribution in [-0.4, -0.2) is 6.04 Å². The van der Waals surface area contributed by atoms with Crippen LogP contribution in [0.2, 0.25) is 0 Å². The molecule has 5 heteroatoms. The molecule has 1 atom stereocenters. The predicted molar refractivity (Wildman–Crippen MR) is 66.6 cm³/mol. The van der Waals surface area contributed by atoms with Gasteiger partial charge in [0.2, 0.25) is 0 Å². The van der Waals surface area contributed by atoms with E-state index in [2.05, 4.69) is 5.32 Å². The van der Waals surface area contributed by atoms with Crippen molar-refractivity contribution in [3.8, 4) is 6.07 Å². The number of halogens is 2. The molecule has 0 radical (unpaired) electrons. The van der Waals surface area contributed by atoms with Crippen molar-refractivity contribution in [2.75, 3.05) is 5.32 Å². The Labute approximate surface area is 109 Å². The molecule has 0 saturated heterocycles. The lowest BCUT2D eigenvalue weighted by molar-refractivity contribution is 0.495. The average molecular weight is 262 g/mol. The zero-order valence-corrected chi connectivity index (χ0v) is 10.3. The van der Waals surface area contributed by atoms with Crippen molar-refractivity contribution in [2.45, 2.75) is 19.4 Å². The Kier molecular flexibility index (Phi) is 3.81. The van der Waals surface area contributed by atoms with Crippen LogP contribution in [0.4, 0.5) is 14.5 Å². The van der Waals surface area contributed by atoms with Crippen LogP contribution in [0.5, 0.6) is 0 Å². The number of furan rings is 1. The maximum absolute atomic E-state index is 13.7. The Morgan fingerprint density at radius 3 is 2.58 bits per heavy atom. The quantitative estimate of drug-likeness (QED) is 0.917. The molecule has 1 heterocycles. The SMILES string of the molecule is CC(Cc1ccco1)Nc1c(F)cc(C#N)cc1F. The van der Waals surface area contributed by atoms with Gasteiger partial charge in [0, 0.05) is 12.5 Å². The van der Waals surface area contributed by atoms with Gasteiger partial charge < -0.3 is 9.73 Å². The molecule has 2 aromatic rings. The van der Waals surface area contributed by atoms with E-state index in [1.807, 2.05) is 0 Å². The van der Waals surface area contributed by atoms with Crippen molar-refractivity contribution in [3.05, 3.63) is 53.5 Å². The van der Waals surface area contributed by atoms with Crippen molar-refractivity contribution in [2.24, 2.45) is 0 Å². The molecule has 3 nitrogen and oxygen atoms in total. The van der Waals surface area contributed by atoms with Gasteiger partial charge in [0.1, 0.15) is 11.4 Å². The number of nitriles is 1. The summed E-state index contributed by atoms with van der Waals surface area (Å²) in [5.74, 6) is -0.819. The molecule has 1 unspecified atom stereocenters. The minimum absolute atomic E-state index is 0.0424. The second-order valence-electron chi connectivity index (χ2n) is 4.26. The van der Waals surface area contributed by atoms with Gasteiger partial charge in [0.05, 0.1) is 17.9 Å². The van der Waals surface area contributed by atoms with Crippen LogP contribution in [-0.2, 0) is 6.42 Å². The van der Waals surface area contributed by atoms with Crippen LogP contribution >= 0.6 is 0 Å². The molecule has 0 aliphatic heterocycles. The Bertz CT molecular complexity index is 579. The molecular formula is C14H12F2N2O. The Hall–Kier alpha value is -2.35. The average Bonchev–Trinajstić information content (AvgIpc) is 2.86. The Morgan fingerprint density at radius 2 is 2.05 bits per heavy atom. The van der Waals surface area contributed by atoms with Crippen LogP contribution in [0.15, 0.2) is 34.9 Å². The highest BCUT2D eigenvalue weighted by atomic mass is 19.1. The van der Waals surface area contributed by atoms with Crippen LogP contribution < -0.4 is 5.32 Å². The molecule has 2 rings (SSSR count). The summed E-state index contributed by atoms with van der Waals surface area (Å²) in [6.07, 6.45) is 2.05. The molecule has 98 valence electrons. The maximum Gasteiger partial charge on any atom is 0.150 e. The molecule has 0 saturated carbocycles. The molecule has 19 heavy (non-hydrogen) atoms. The summed E-state index contributed by atoms with van der Waals surface area (Å²) in [5.41, 5.74) is -0.266. The topological polar surface area (TPSA) is 49.0 Å². The first-order valence-electron chi connectivity index (χ1n) is 5.78. The summed E-state index contributed by atoms with van der Waals surface area (Å²) in [6.45, 7) is 1.79. The van der Waals surface area contributed by atoms with Gasteiger partial charge in [0.15, 0.2) is 11.6 Å². The first-order valence-corrected chi connectivity index (χ1v) is 5.78. The normalized spacial score (nSPS) is 11.9. The summed E-state index contributed by atoms with van der Waals surface area (Å²) in [4.78, 5) is 0. The number of benzene rings is 1. The molecular weight excluding hydrogens is 250 g/mol. The van der Waals surface area contributed by atoms with E-state index in [9.17, 15) is 8.78 Å². The Balaban J connectivity index is 2.13. The van der Waals surface area contributed by atoms with Crippen LogP contribution in [0, 0.1) is 23.0 Å². The van der Waals surface area contributed by atoms with Crippen LogP contribution in [0.3, 0.4) is 0 Å². The number of nitrogens with one attached hydrogen (secondary N) is 1. The van der Waals surface area contributed by atoms with Crippen LogP contribution in [0.1, 0.15) is 18.2 Å². The lowest BCUT2D eigenvalue weighted by atomic mass is 10.1. The zero-order chi connectivity index (χ0) is 13.8. The van der Waals surface area contributed by atoms with E-state index in [-0.39, 0.29) is 17.3 Å². The van der Waals surface area contributed by atoms with E-state index in [0.29, 0.717) is 6.42 Å². The predicted octanol–water partition coefficient (Wildman–Crippen LogP) is 3.47. The highest BCUT2D eigenvalue weighted by Gasteiger charge is 2.14. The minimum Gasteiger partial charge on any atom is -0.469 e. The van der Waals surface area contributed by atoms with Gasteiger partial charge in [-0.2, -0.15) is 5.26 Å². The molecule has 1 aromatic heterocycles.